The molecule has 0 bridgehead atoms. The van der Waals surface area contributed by atoms with Gasteiger partial charge in [-0.25, -0.2) is 0 Å². The maximum absolute atomic E-state index is 11.0. The molecule has 1 aromatic carbocycles. The smallest absolute Gasteiger partial charge is 0.305 e. The summed E-state index contributed by atoms with van der Waals surface area (Å²) in [4.78, 5) is 37.8. The van der Waals surface area contributed by atoms with Crippen LogP contribution in [-0.2, 0) is 39.8 Å². The molecule has 0 unspecified atom stereocenters. The zero-order valence-electron chi connectivity index (χ0n) is 69.9. The lowest BCUT2D eigenvalue weighted by molar-refractivity contribution is -0.141. The molecule has 0 aliphatic heterocycles. The van der Waals surface area contributed by atoms with Crippen LogP contribution in [0.15, 0.2) is 54.9 Å². The molecule has 0 N–H and O–H groups in total. The Morgan fingerprint density at radius 3 is 1.22 bits per heavy atom. The van der Waals surface area contributed by atoms with Gasteiger partial charge in [0, 0.05) is 59.5 Å². The third kappa shape index (κ3) is 97.2. The van der Waals surface area contributed by atoms with Crippen molar-refractivity contribution >= 4 is 17.8 Å². The van der Waals surface area contributed by atoms with Gasteiger partial charge < -0.3 is 23.8 Å². The van der Waals surface area contributed by atoms with Crippen LogP contribution in [0.2, 0.25) is 0 Å². The number of nitrogens with zero attached hydrogens (tertiary/aromatic N) is 2. The number of rotatable bonds is 27. The number of aromatic nitrogens is 1. The van der Waals surface area contributed by atoms with Gasteiger partial charge in [0.1, 0.15) is 0 Å². The van der Waals surface area contributed by atoms with Gasteiger partial charge in [-0.15, -0.1) is 0 Å². The molecule has 9 nitrogen and oxygen atoms in total. The lowest BCUT2D eigenvalue weighted by atomic mass is 9.84. The molecular formula is C86H174N2O7. The van der Waals surface area contributed by atoms with Crippen molar-refractivity contribution in [2.75, 3.05) is 42.0 Å². The number of pyridine rings is 1. The Bertz CT molecular complexity index is 1810. The Labute approximate surface area is 598 Å². The number of hydrogen-bond acceptors (Lipinski definition) is 8. The van der Waals surface area contributed by atoms with Gasteiger partial charge in [0.15, 0.2) is 0 Å². The summed E-state index contributed by atoms with van der Waals surface area (Å²) < 4.78 is 19.7. The topological polar surface area (TPSA) is 104 Å². The van der Waals surface area contributed by atoms with E-state index < -0.39 is 0 Å². The Morgan fingerprint density at radius 2 is 0.947 bits per heavy atom. The van der Waals surface area contributed by atoms with Crippen LogP contribution in [0, 0.1) is 65.1 Å². The van der Waals surface area contributed by atoms with E-state index in [2.05, 4.69) is 246 Å². The minimum absolute atomic E-state index is 0. The van der Waals surface area contributed by atoms with Gasteiger partial charge in [0.25, 0.3) is 0 Å². The number of methoxy groups -OCH3 is 3. The number of ether oxygens (including phenoxy) is 4. The number of unbranched alkanes of at least 4 members (excludes halogenated alkanes) is 2. The molecule has 0 radical (unpaired) electrons. The lowest BCUT2D eigenvalue weighted by Crippen LogP contribution is -2.30. The number of esters is 2. The molecule has 2 aromatic rings. The maximum atomic E-state index is 11.0. The normalized spacial score (nSPS) is 11.7. The van der Waals surface area contributed by atoms with Crippen molar-refractivity contribution in [2.24, 2.45) is 65.1 Å². The second kappa shape index (κ2) is 74.9. The van der Waals surface area contributed by atoms with Gasteiger partial charge >= 0.3 is 11.9 Å². The van der Waals surface area contributed by atoms with Gasteiger partial charge in [0.2, 0.25) is 5.91 Å². The first-order valence-electron chi connectivity index (χ1n) is 38.0. The van der Waals surface area contributed by atoms with E-state index in [9.17, 15) is 14.4 Å². The van der Waals surface area contributed by atoms with Crippen LogP contribution >= 0.6 is 0 Å². The summed E-state index contributed by atoms with van der Waals surface area (Å²) in [6.45, 7) is 66.4. The van der Waals surface area contributed by atoms with E-state index in [1.807, 2.05) is 31.5 Å². The number of benzene rings is 1. The highest BCUT2D eigenvalue weighted by molar-refractivity contribution is 5.75. The molecule has 570 valence electrons. The molecule has 95 heavy (non-hydrogen) atoms. The second-order valence-corrected chi connectivity index (χ2v) is 31.3. The molecule has 3 rings (SSSR count). The van der Waals surface area contributed by atoms with Crippen molar-refractivity contribution in [1.82, 2.24) is 9.88 Å². The molecule has 9 heteroatoms. The monoisotopic (exact) mass is 1350 g/mol. The molecule has 1 amide bonds. The molecular weight excluding hydrogens is 1170 g/mol. The maximum Gasteiger partial charge on any atom is 0.305 e. The molecule has 1 aliphatic carbocycles. The summed E-state index contributed by atoms with van der Waals surface area (Å²) in [5.74, 6) is 9.24. The van der Waals surface area contributed by atoms with E-state index in [4.69, 9.17) is 9.47 Å². The van der Waals surface area contributed by atoms with Gasteiger partial charge in [-0.3, -0.25) is 19.4 Å². The van der Waals surface area contributed by atoms with E-state index in [1.54, 1.807) is 26.1 Å². The number of carbonyl (C=O) groups excluding carboxylic acids is 3. The highest BCUT2D eigenvalue weighted by Gasteiger charge is 2.22. The largest absolute Gasteiger partial charge is 0.469 e. The zero-order chi connectivity index (χ0) is 74.8. The predicted molar refractivity (Wildman–Crippen MR) is 426 cm³/mol. The molecule has 0 atom stereocenters. The van der Waals surface area contributed by atoms with Gasteiger partial charge in [-0.2, -0.15) is 0 Å². The van der Waals surface area contributed by atoms with Crippen molar-refractivity contribution < 1.29 is 33.3 Å². The second-order valence-electron chi connectivity index (χ2n) is 31.3. The van der Waals surface area contributed by atoms with Gasteiger partial charge in [-0.1, -0.05) is 300 Å². The van der Waals surface area contributed by atoms with E-state index in [1.165, 1.54) is 109 Å². The minimum atomic E-state index is -0.108. The fourth-order valence-electron chi connectivity index (χ4n) is 7.95. The number of amides is 1. The third-order valence-electron chi connectivity index (χ3n) is 16.2. The molecule has 1 heterocycles. The van der Waals surface area contributed by atoms with Crippen LogP contribution < -0.4 is 0 Å². The number of hydrogen-bond donors (Lipinski definition) is 0. The quantitative estimate of drug-likeness (QED) is 0.0644. The van der Waals surface area contributed by atoms with Crippen LogP contribution in [0.5, 0.6) is 0 Å². The Balaban J connectivity index is -0.000000123. The first-order chi connectivity index (χ1) is 43.6. The highest BCUT2D eigenvalue weighted by atomic mass is 16.5. The average Bonchev–Trinajstić information content (AvgIpc) is 1.26. The van der Waals surface area contributed by atoms with Crippen LogP contribution in [-0.4, -0.2) is 81.0 Å². The van der Waals surface area contributed by atoms with Crippen molar-refractivity contribution in [3.05, 3.63) is 66.0 Å². The number of carbonyl (C=O) groups is 3. The van der Waals surface area contributed by atoms with Gasteiger partial charge in [0.05, 0.1) is 25.4 Å². The molecule has 1 saturated carbocycles. The summed E-state index contributed by atoms with van der Waals surface area (Å²) in [5.41, 5.74) is 2.84. The van der Waals surface area contributed by atoms with E-state index in [0.29, 0.717) is 48.9 Å². The summed E-state index contributed by atoms with van der Waals surface area (Å²) >= 11 is 0. The van der Waals surface area contributed by atoms with Crippen molar-refractivity contribution in [3.63, 3.8) is 0 Å². The molecule has 1 aromatic heterocycles. The van der Waals surface area contributed by atoms with E-state index in [-0.39, 0.29) is 36.5 Å². The molecule has 1 fully saturated rings. The molecule has 1 aliphatic rings. The summed E-state index contributed by atoms with van der Waals surface area (Å²) in [5, 5.41) is 0. The lowest BCUT2D eigenvalue weighted by Gasteiger charge is -2.28. The van der Waals surface area contributed by atoms with E-state index in [0.717, 1.165) is 80.1 Å². The first-order valence-corrected chi connectivity index (χ1v) is 38.0. The van der Waals surface area contributed by atoms with Crippen molar-refractivity contribution in [3.8, 4) is 0 Å². The van der Waals surface area contributed by atoms with Crippen LogP contribution in [0.25, 0.3) is 0 Å². The molecule has 0 spiro atoms. The highest BCUT2D eigenvalue weighted by Crippen LogP contribution is 2.29. The van der Waals surface area contributed by atoms with Crippen LogP contribution in [0.4, 0.5) is 0 Å². The van der Waals surface area contributed by atoms with Gasteiger partial charge in [-0.05, 0) is 155 Å². The Morgan fingerprint density at radius 1 is 0.505 bits per heavy atom. The Hall–Kier alpha value is -3.30. The first kappa shape index (κ1) is 110. The summed E-state index contributed by atoms with van der Waals surface area (Å²) in [6, 6.07) is 14.6. The molecule has 0 saturated heterocycles. The fraction of sp³-hybridized carbons (Fsp3) is 0.837. The average molecular weight is 1350 g/mol. The summed E-state index contributed by atoms with van der Waals surface area (Å²) in [6.07, 6.45) is 29.0. The van der Waals surface area contributed by atoms with Crippen molar-refractivity contribution in [2.45, 2.75) is 367 Å². The SMILES string of the molecule is C.CC(C)CC1CCCCC1.CC(C)CCC(=O)N(C)C.CC(C)Cc1cccnc1.CC(C)c1ccccc1.CCC(C)C.CCCC(C)C.CCCCC(C)C.CCOC(C)(C)C(C)C.COC(=O)CCC(C)C.COC(=O)CCCCC(C)C.COC(C)(C)C(C)C. The van der Waals surface area contributed by atoms with Crippen LogP contribution in [0.1, 0.15) is 361 Å². The van der Waals surface area contributed by atoms with Crippen LogP contribution in [0.3, 0.4) is 0 Å². The fourth-order valence-corrected chi connectivity index (χ4v) is 7.95. The van der Waals surface area contributed by atoms with Crippen molar-refractivity contribution in [1.29, 1.82) is 0 Å². The Kier molecular flexibility index (Phi) is 87.0. The standard InChI is InChI=1S/C10H20.C9H13N.C9H18O2.C9H12.C8H17NO.C8H18O.C7H14O2.C7H16O.C7H16.C6H14.C5H12.CH4/c1-9(2)8-10-6-4-3-5-7-10;1-8(2)6-9-4-3-5-10-7-9;1-8(2)6-4-5-7-9(10)11-3;1-8(2)9-6-4-3-5-7-9;1-7(2)5-6-8(10)9(3)4;1-6-9-8(4,5)7(2)3;1-6(2)4-5-7(8)9-3;1-6(2)7(3,4)8-5;1-4-5-6-7(2)3;1-4-5-6(2)3;1-4-5(2)3;/h9-10H,3-8H2,1-2H3;3-5,7-8H,6H2,1-2H3;8H,4-7H2,1-3H3;3-8H,1-2H3;7H,5-6H2,1-4H3;7H,6H2,1-5H3;6H,4-5H2,1-3H3;6H,1-5H3;7H,4-6H2,1-3H3;6H,4-5H2,1-3H3;5H,4H2,1-3H3;1H4. The summed E-state index contributed by atoms with van der Waals surface area (Å²) in [7, 11) is 8.19. The third-order valence-corrected chi connectivity index (χ3v) is 16.2. The minimum Gasteiger partial charge on any atom is -0.469 e. The zero-order valence-corrected chi connectivity index (χ0v) is 69.9. The predicted octanol–water partition coefficient (Wildman–Crippen LogP) is 26.7. The van der Waals surface area contributed by atoms with E-state index >= 15 is 0 Å².